The van der Waals surface area contributed by atoms with Gasteiger partial charge in [0.15, 0.2) is 0 Å². The molecule has 0 aliphatic rings. The van der Waals surface area contributed by atoms with Crippen molar-refractivity contribution in [1.82, 2.24) is 0 Å². The molecule has 3 nitrogen and oxygen atoms in total. The van der Waals surface area contributed by atoms with Crippen molar-refractivity contribution in [3.8, 4) is 11.5 Å². The van der Waals surface area contributed by atoms with Gasteiger partial charge in [0.25, 0.3) is 0 Å². The van der Waals surface area contributed by atoms with Gasteiger partial charge in [-0.1, -0.05) is 42.5 Å². The number of carbonyl (C=O) groups is 2. The van der Waals surface area contributed by atoms with E-state index >= 15 is 0 Å². The van der Waals surface area contributed by atoms with Crippen molar-refractivity contribution in [3.05, 3.63) is 93.6 Å². The van der Waals surface area contributed by atoms with Crippen LogP contribution in [0.25, 0.3) is 0 Å². The molecule has 0 aromatic heterocycles. The number of rotatable bonds is 8. The molecule has 0 atom stereocenters. The van der Waals surface area contributed by atoms with Crippen LogP contribution in [0.1, 0.15) is 17.5 Å². The summed E-state index contributed by atoms with van der Waals surface area (Å²) in [6.07, 6.45) is 0.519. The van der Waals surface area contributed by atoms with Crippen molar-refractivity contribution in [1.29, 1.82) is 0 Å². The van der Waals surface area contributed by atoms with Crippen molar-refractivity contribution in [2.75, 3.05) is 0 Å². The fourth-order valence-electron chi connectivity index (χ4n) is 2.70. The van der Waals surface area contributed by atoms with Gasteiger partial charge in [0.2, 0.25) is 0 Å². The lowest BCUT2D eigenvalue weighted by molar-refractivity contribution is -0.126. The van der Waals surface area contributed by atoms with Gasteiger partial charge in [-0.3, -0.25) is 9.59 Å². The van der Waals surface area contributed by atoms with Gasteiger partial charge in [-0.05, 0) is 70.1 Å². The van der Waals surface area contributed by atoms with Crippen LogP contribution in [0.3, 0.4) is 0 Å². The molecule has 27 heavy (non-hydrogen) atoms. The number of ketones is 2. The average molecular weight is 470 g/mol. The van der Waals surface area contributed by atoms with Crippen molar-refractivity contribution in [2.24, 2.45) is 0 Å². The molecule has 0 saturated carbocycles. The Morgan fingerprint density at radius 2 is 1.15 bits per heavy atom. The first-order valence-electron chi connectivity index (χ1n) is 8.68. The van der Waals surface area contributed by atoms with E-state index in [0.29, 0.717) is 12.2 Å². The van der Waals surface area contributed by atoms with Gasteiger partial charge in [0.1, 0.15) is 23.1 Å². The zero-order valence-corrected chi connectivity index (χ0v) is 16.9. The highest BCUT2D eigenvalue weighted by molar-refractivity contribution is 14.1. The van der Waals surface area contributed by atoms with Crippen LogP contribution in [0.5, 0.6) is 11.5 Å². The third kappa shape index (κ3) is 6.32. The number of carbonyl (C=O) groups excluding carboxylic acids is 2. The second kappa shape index (κ2) is 9.46. The fourth-order valence-corrected chi connectivity index (χ4v) is 3.06. The van der Waals surface area contributed by atoms with E-state index in [1.165, 1.54) is 0 Å². The second-order valence-electron chi connectivity index (χ2n) is 6.29. The molecule has 0 heterocycles. The Balaban J connectivity index is 1.50. The number of hydrogen-bond donors (Lipinski definition) is 0. The fraction of sp³-hybridized carbons (Fsp3) is 0.130. The number of Topliss-reactive ketones (excluding diaryl/α,β-unsaturated/α-hetero) is 2. The van der Waals surface area contributed by atoms with Crippen LogP contribution in [0, 0.1) is 3.57 Å². The van der Waals surface area contributed by atoms with E-state index in [1.54, 1.807) is 0 Å². The smallest absolute Gasteiger partial charge is 0.144 e. The largest absolute Gasteiger partial charge is 0.457 e. The van der Waals surface area contributed by atoms with Gasteiger partial charge in [-0.25, -0.2) is 0 Å². The Morgan fingerprint density at radius 1 is 0.667 bits per heavy atom. The standard InChI is InChI=1S/C23H19IO3/c24-19-10-6-17(7-11-19)14-20(25)16-21(26)15-18-8-12-23(13-9-18)27-22-4-2-1-3-5-22/h1-13H,14-16H2. The topological polar surface area (TPSA) is 43.4 Å². The van der Waals surface area contributed by atoms with Gasteiger partial charge in [-0.15, -0.1) is 0 Å². The van der Waals surface area contributed by atoms with Crippen LogP contribution in [0.15, 0.2) is 78.9 Å². The van der Waals surface area contributed by atoms with Crippen molar-refractivity contribution in [3.63, 3.8) is 0 Å². The van der Waals surface area contributed by atoms with Gasteiger partial charge in [0.05, 0.1) is 6.42 Å². The first-order chi connectivity index (χ1) is 13.1. The van der Waals surface area contributed by atoms with E-state index in [4.69, 9.17) is 4.74 Å². The molecule has 0 spiro atoms. The molecule has 3 aromatic rings. The van der Waals surface area contributed by atoms with Crippen LogP contribution < -0.4 is 4.74 Å². The number of hydrogen-bond acceptors (Lipinski definition) is 3. The summed E-state index contributed by atoms with van der Waals surface area (Å²) in [5, 5.41) is 0. The summed E-state index contributed by atoms with van der Waals surface area (Å²) < 4.78 is 6.86. The molecule has 0 saturated heterocycles. The van der Waals surface area contributed by atoms with Gasteiger partial charge in [0, 0.05) is 16.4 Å². The van der Waals surface area contributed by atoms with E-state index < -0.39 is 0 Å². The highest BCUT2D eigenvalue weighted by atomic mass is 127. The van der Waals surface area contributed by atoms with Gasteiger partial charge in [-0.2, -0.15) is 0 Å². The van der Waals surface area contributed by atoms with Gasteiger partial charge < -0.3 is 4.74 Å². The lowest BCUT2D eigenvalue weighted by Crippen LogP contribution is -2.12. The molecule has 0 aliphatic heterocycles. The minimum atomic E-state index is -0.0674. The molecule has 0 bridgehead atoms. The molecule has 3 aromatic carbocycles. The number of para-hydroxylation sites is 1. The predicted octanol–water partition coefficient (Wildman–Crippen LogP) is 5.40. The van der Waals surface area contributed by atoms with E-state index in [9.17, 15) is 9.59 Å². The van der Waals surface area contributed by atoms with E-state index in [-0.39, 0.29) is 24.4 Å². The number of benzene rings is 3. The molecular formula is C23H19IO3. The highest BCUT2D eigenvalue weighted by Crippen LogP contribution is 2.21. The third-order valence-electron chi connectivity index (χ3n) is 4.01. The van der Waals surface area contributed by atoms with Crippen molar-refractivity contribution < 1.29 is 14.3 Å². The molecule has 0 aliphatic carbocycles. The maximum atomic E-state index is 12.2. The second-order valence-corrected chi connectivity index (χ2v) is 7.54. The molecule has 0 unspecified atom stereocenters. The lowest BCUT2D eigenvalue weighted by atomic mass is 10.0. The quantitative estimate of drug-likeness (QED) is 0.327. The normalized spacial score (nSPS) is 10.4. The summed E-state index contributed by atoms with van der Waals surface area (Å²) >= 11 is 2.22. The Bertz CT molecular complexity index is 901. The molecule has 0 N–H and O–H groups in total. The Hall–Kier alpha value is -2.47. The number of ether oxygens (including phenoxy) is 1. The average Bonchev–Trinajstić information content (AvgIpc) is 2.66. The van der Waals surface area contributed by atoms with Crippen LogP contribution in [-0.4, -0.2) is 11.6 Å². The van der Waals surface area contributed by atoms with E-state index in [2.05, 4.69) is 22.6 Å². The van der Waals surface area contributed by atoms with Crippen LogP contribution >= 0.6 is 22.6 Å². The maximum absolute atomic E-state index is 12.2. The SMILES string of the molecule is O=C(CC(=O)Cc1ccc(Oc2ccccc2)cc1)Cc1ccc(I)cc1. The minimum absolute atomic E-state index is 0.0335. The van der Waals surface area contributed by atoms with E-state index in [0.717, 1.165) is 20.4 Å². The van der Waals surface area contributed by atoms with E-state index in [1.807, 2.05) is 78.9 Å². The predicted molar refractivity (Wildman–Crippen MR) is 114 cm³/mol. The summed E-state index contributed by atoms with van der Waals surface area (Å²) in [6, 6.07) is 24.7. The monoisotopic (exact) mass is 470 g/mol. The Morgan fingerprint density at radius 3 is 1.70 bits per heavy atom. The zero-order valence-electron chi connectivity index (χ0n) is 14.7. The highest BCUT2D eigenvalue weighted by Gasteiger charge is 2.11. The molecule has 4 heteroatoms. The first-order valence-corrected chi connectivity index (χ1v) is 9.76. The molecule has 0 amide bonds. The van der Waals surface area contributed by atoms with Crippen LogP contribution in [0.2, 0.25) is 0 Å². The van der Waals surface area contributed by atoms with Gasteiger partial charge >= 0.3 is 0 Å². The zero-order chi connectivity index (χ0) is 19.1. The molecule has 0 radical (unpaired) electrons. The lowest BCUT2D eigenvalue weighted by Gasteiger charge is -2.07. The van der Waals surface area contributed by atoms with Crippen molar-refractivity contribution in [2.45, 2.75) is 19.3 Å². The summed E-state index contributed by atoms with van der Waals surface area (Å²) in [6.45, 7) is 0. The molecule has 136 valence electrons. The first kappa shape index (κ1) is 19.3. The molecule has 0 fully saturated rings. The minimum Gasteiger partial charge on any atom is -0.457 e. The Labute approximate surface area is 172 Å². The van der Waals surface area contributed by atoms with Crippen molar-refractivity contribution >= 4 is 34.2 Å². The Kier molecular flexibility index (Phi) is 6.76. The summed E-state index contributed by atoms with van der Waals surface area (Å²) in [5.41, 5.74) is 1.82. The summed E-state index contributed by atoms with van der Waals surface area (Å²) in [4.78, 5) is 24.3. The summed E-state index contributed by atoms with van der Waals surface area (Å²) in [7, 11) is 0. The molecule has 3 rings (SSSR count). The molecular weight excluding hydrogens is 451 g/mol. The number of halogens is 1. The third-order valence-corrected chi connectivity index (χ3v) is 4.73. The van der Waals surface area contributed by atoms with Crippen LogP contribution in [0.4, 0.5) is 0 Å². The maximum Gasteiger partial charge on any atom is 0.144 e. The summed E-state index contributed by atoms with van der Waals surface area (Å²) in [5.74, 6) is 1.36. The van der Waals surface area contributed by atoms with Crippen LogP contribution in [-0.2, 0) is 22.4 Å².